The first-order chi connectivity index (χ1) is 17.2. The average Bonchev–Trinajstić information content (AvgIpc) is 2.79. The van der Waals surface area contributed by atoms with Crippen LogP contribution in [0.25, 0.3) is 0 Å². The number of thioether (sulfide) groups is 1. The molecule has 37 heavy (non-hydrogen) atoms. The van der Waals surface area contributed by atoms with E-state index in [9.17, 15) is 41.6 Å². The van der Waals surface area contributed by atoms with Gasteiger partial charge in [0.15, 0.2) is 9.84 Å². The zero-order chi connectivity index (χ0) is 27.4. The van der Waals surface area contributed by atoms with E-state index in [-0.39, 0.29) is 34.0 Å². The fourth-order valence-electron chi connectivity index (χ4n) is 3.19. The number of phenolic OH excluding ortho intramolecular Hbond substituents is 1. The zero-order valence-corrected chi connectivity index (χ0v) is 20.6. The average molecular weight is 557 g/mol. The summed E-state index contributed by atoms with van der Waals surface area (Å²) < 4.78 is 64.1. The summed E-state index contributed by atoms with van der Waals surface area (Å²) in [6, 6.07) is 12.6. The van der Waals surface area contributed by atoms with E-state index in [1.165, 1.54) is 54.2 Å². The van der Waals surface area contributed by atoms with Crippen molar-refractivity contribution in [2.75, 3.05) is 17.3 Å². The second kappa shape index (κ2) is 11.1. The molecule has 0 aliphatic carbocycles. The number of hydrogen-bond acceptors (Lipinski definition) is 8. The summed E-state index contributed by atoms with van der Waals surface area (Å²) in [7, 11) is -3.76. The number of carbonyl (C=O) groups is 1. The minimum Gasteiger partial charge on any atom is -0.507 e. The number of ether oxygens (including phenoxy) is 1. The monoisotopic (exact) mass is 556 g/mol. The third-order valence-corrected chi connectivity index (χ3v) is 7.00. The predicted molar refractivity (Wildman–Crippen MR) is 130 cm³/mol. The molecule has 3 aromatic rings. The Hall–Kier alpha value is -3.78. The van der Waals surface area contributed by atoms with Gasteiger partial charge in [0.05, 0.1) is 4.92 Å². The van der Waals surface area contributed by atoms with Crippen molar-refractivity contribution in [2.24, 2.45) is 0 Å². The van der Waals surface area contributed by atoms with Crippen molar-refractivity contribution in [3.05, 3.63) is 81.9 Å². The lowest BCUT2D eigenvalue weighted by atomic mass is 10.1. The number of phenols is 1. The minimum atomic E-state index is -4.79. The van der Waals surface area contributed by atoms with Crippen LogP contribution in [0.15, 0.2) is 70.5 Å². The second-order valence-electron chi connectivity index (χ2n) is 7.63. The molecule has 14 heteroatoms. The van der Waals surface area contributed by atoms with Crippen LogP contribution in [-0.4, -0.2) is 42.7 Å². The van der Waals surface area contributed by atoms with Crippen LogP contribution in [0.5, 0.6) is 11.5 Å². The number of anilines is 1. The number of alkyl halides is 3. The molecule has 0 atom stereocenters. The number of carbonyl (C=O) groups excluding carboxylic acids is 1. The summed E-state index contributed by atoms with van der Waals surface area (Å²) in [6.07, 6.45) is -3.66. The van der Waals surface area contributed by atoms with Gasteiger partial charge in [0.2, 0.25) is 0 Å². The lowest BCUT2D eigenvalue weighted by Crippen LogP contribution is -2.16. The molecule has 9 nitrogen and oxygen atoms in total. The summed E-state index contributed by atoms with van der Waals surface area (Å²) in [6.45, 7) is 0. The fourth-order valence-corrected chi connectivity index (χ4v) is 4.87. The second-order valence-corrected chi connectivity index (χ2v) is 10.8. The molecule has 0 spiro atoms. The number of nitro benzene ring substituents is 1. The molecular weight excluding hydrogens is 537 g/mol. The maximum Gasteiger partial charge on any atom is 0.573 e. The smallest absolute Gasteiger partial charge is 0.507 e. The van der Waals surface area contributed by atoms with E-state index in [1.807, 2.05) is 0 Å². The third kappa shape index (κ3) is 7.85. The van der Waals surface area contributed by atoms with Gasteiger partial charge in [-0.2, -0.15) is 0 Å². The molecule has 0 saturated heterocycles. The molecule has 0 fully saturated rings. The molecule has 0 bridgehead atoms. The number of nitro groups is 1. The highest BCUT2D eigenvalue weighted by atomic mass is 32.2. The molecular formula is C23H19F3N2O7S2. The zero-order valence-electron chi connectivity index (χ0n) is 19.0. The minimum absolute atomic E-state index is 0.0441. The van der Waals surface area contributed by atoms with Crippen LogP contribution in [0.1, 0.15) is 15.9 Å². The molecule has 0 aliphatic rings. The normalized spacial score (nSPS) is 11.7. The number of benzene rings is 3. The van der Waals surface area contributed by atoms with E-state index in [0.29, 0.717) is 16.2 Å². The molecule has 0 radical (unpaired) electrons. The summed E-state index contributed by atoms with van der Waals surface area (Å²) >= 11 is 1.27. The molecule has 1 amide bonds. The third-order valence-electron chi connectivity index (χ3n) is 4.86. The van der Waals surface area contributed by atoms with Crippen molar-refractivity contribution in [1.29, 1.82) is 0 Å². The number of nitrogens with one attached hydrogen (secondary N) is 1. The van der Waals surface area contributed by atoms with Crippen molar-refractivity contribution in [3.8, 4) is 11.5 Å². The van der Waals surface area contributed by atoms with Gasteiger partial charge in [0.1, 0.15) is 16.4 Å². The van der Waals surface area contributed by atoms with Crippen LogP contribution in [0.2, 0.25) is 0 Å². The Morgan fingerprint density at radius 1 is 1.11 bits per heavy atom. The predicted octanol–water partition coefficient (Wildman–Crippen LogP) is 5.19. The Morgan fingerprint density at radius 2 is 1.78 bits per heavy atom. The molecule has 0 aromatic heterocycles. The SMILES string of the molecule is CS(=O)(=O)c1cc(NC(=O)c2ccc(CCSc3ccc(OC(F)(F)F)cc3)c([N+](=O)[O-])c2)ccc1O. The Kier molecular flexibility index (Phi) is 8.33. The summed E-state index contributed by atoms with van der Waals surface area (Å²) in [5, 5.41) is 23.8. The van der Waals surface area contributed by atoms with E-state index < -0.39 is 32.8 Å². The van der Waals surface area contributed by atoms with Crippen molar-refractivity contribution >= 4 is 38.9 Å². The highest BCUT2D eigenvalue weighted by molar-refractivity contribution is 7.99. The van der Waals surface area contributed by atoms with Gasteiger partial charge >= 0.3 is 6.36 Å². The van der Waals surface area contributed by atoms with Gasteiger partial charge in [0.25, 0.3) is 11.6 Å². The largest absolute Gasteiger partial charge is 0.573 e. The quantitative estimate of drug-likeness (QED) is 0.159. The number of hydrogen-bond donors (Lipinski definition) is 2. The maximum atomic E-state index is 12.6. The summed E-state index contributed by atoms with van der Waals surface area (Å²) in [4.78, 5) is 23.8. The topological polar surface area (TPSA) is 136 Å². The molecule has 0 heterocycles. The molecule has 3 aromatic carbocycles. The van der Waals surface area contributed by atoms with Crippen LogP contribution < -0.4 is 10.1 Å². The van der Waals surface area contributed by atoms with E-state index in [0.717, 1.165) is 24.5 Å². The lowest BCUT2D eigenvalue weighted by molar-refractivity contribution is -0.385. The van der Waals surface area contributed by atoms with Gasteiger partial charge in [-0.05, 0) is 55.0 Å². The standard InChI is InChI=1S/C23H19F3N2O7S2/c1-37(33,34)21-13-16(4-9-20(21)29)27-22(30)15-3-2-14(19(12-15)28(31)32)10-11-36-18-7-5-17(6-8-18)35-23(24,25)26/h2-9,12-13,29H,10-11H2,1H3,(H,27,30). The molecule has 2 N–H and O–H groups in total. The van der Waals surface area contributed by atoms with E-state index in [1.54, 1.807) is 0 Å². The van der Waals surface area contributed by atoms with Crippen molar-refractivity contribution in [3.63, 3.8) is 0 Å². The van der Waals surface area contributed by atoms with Gasteiger partial charge in [-0.25, -0.2) is 8.42 Å². The lowest BCUT2D eigenvalue weighted by Gasteiger charge is -2.10. The molecule has 3 rings (SSSR count). The van der Waals surface area contributed by atoms with Crippen molar-refractivity contribution in [2.45, 2.75) is 22.6 Å². The molecule has 196 valence electrons. The van der Waals surface area contributed by atoms with Crippen LogP contribution in [-0.2, 0) is 16.3 Å². The van der Waals surface area contributed by atoms with Gasteiger partial charge in [0, 0.05) is 39.8 Å². The maximum absolute atomic E-state index is 12.6. The Morgan fingerprint density at radius 3 is 2.38 bits per heavy atom. The van der Waals surface area contributed by atoms with Crippen LogP contribution >= 0.6 is 11.8 Å². The van der Waals surface area contributed by atoms with E-state index >= 15 is 0 Å². The van der Waals surface area contributed by atoms with Crippen molar-refractivity contribution in [1.82, 2.24) is 0 Å². The number of amides is 1. The first-order valence-electron chi connectivity index (χ1n) is 10.3. The number of aromatic hydroxyl groups is 1. The number of nitrogens with zero attached hydrogens (tertiary/aromatic N) is 1. The number of rotatable bonds is 9. The number of aryl methyl sites for hydroxylation is 1. The molecule has 0 saturated carbocycles. The van der Waals surface area contributed by atoms with Crippen LogP contribution in [0.3, 0.4) is 0 Å². The summed E-state index contributed by atoms with van der Waals surface area (Å²) in [5.74, 6) is -1.20. The van der Waals surface area contributed by atoms with Gasteiger partial charge in [-0.3, -0.25) is 14.9 Å². The highest BCUT2D eigenvalue weighted by Crippen LogP contribution is 2.29. The molecule has 0 unspecified atom stereocenters. The van der Waals surface area contributed by atoms with Gasteiger partial charge in [-0.1, -0.05) is 6.07 Å². The Bertz CT molecular complexity index is 1430. The number of sulfone groups is 1. The Labute approximate surface area is 213 Å². The fraction of sp³-hybridized carbons (Fsp3) is 0.174. The first kappa shape index (κ1) is 27.8. The number of halogens is 3. The Balaban J connectivity index is 1.68. The van der Waals surface area contributed by atoms with E-state index in [4.69, 9.17) is 0 Å². The van der Waals surface area contributed by atoms with Crippen LogP contribution in [0.4, 0.5) is 24.5 Å². The van der Waals surface area contributed by atoms with Gasteiger partial charge < -0.3 is 15.2 Å². The summed E-state index contributed by atoms with van der Waals surface area (Å²) in [5.41, 5.74) is 0.0649. The van der Waals surface area contributed by atoms with Gasteiger partial charge in [-0.15, -0.1) is 24.9 Å². The highest BCUT2D eigenvalue weighted by Gasteiger charge is 2.31. The first-order valence-corrected chi connectivity index (χ1v) is 13.2. The van der Waals surface area contributed by atoms with Crippen molar-refractivity contribution < 1.29 is 41.2 Å². The van der Waals surface area contributed by atoms with E-state index in [2.05, 4.69) is 10.1 Å². The van der Waals surface area contributed by atoms with Crippen LogP contribution in [0, 0.1) is 10.1 Å². The molecule has 0 aliphatic heterocycles.